The van der Waals surface area contributed by atoms with Crippen LogP contribution in [0.1, 0.15) is 30.5 Å². The summed E-state index contributed by atoms with van der Waals surface area (Å²) in [5.41, 5.74) is 3.06. The largest absolute Gasteiger partial charge is 0.497 e. The molecule has 0 amide bonds. The third kappa shape index (κ3) is 6.46. The first kappa shape index (κ1) is 25.0. The van der Waals surface area contributed by atoms with E-state index in [1.807, 2.05) is 62.6 Å². The quantitative estimate of drug-likeness (QED) is 0.355. The zero-order chi connectivity index (χ0) is 24.0. The molecular weight excluding hydrogens is 436 g/mol. The van der Waals surface area contributed by atoms with Crippen molar-refractivity contribution in [3.63, 3.8) is 0 Å². The number of nitrogens with zero attached hydrogens (tertiary/aromatic N) is 1. The number of methoxy groups -OCH3 is 2. The molecule has 0 fully saturated rings. The molecule has 3 aromatic rings. The molecule has 1 unspecified atom stereocenters. The average molecular weight is 470 g/mol. The van der Waals surface area contributed by atoms with E-state index in [2.05, 4.69) is 18.7 Å². The summed E-state index contributed by atoms with van der Waals surface area (Å²) in [5, 5.41) is 0.818. The van der Waals surface area contributed by atoms with Crippen LogP contribution in [0, 0.1) is 5.82 Å². The molecule has 0 aliphatic heterocycles. The normalized spacial score (nSPS) is 11.9. The minimum absolute atomic E-state index is 0.215. The van der Waals surface area contributed by atoms with Gasteiger partial charge >= 0.3 is 0 Å². The molecule has 6 heteroatoms. The highest BCUT2D eigenvalue weighted by atomic mass is 31.1. The SMILES string of the molecule is COc1cc(OC)c(OCc2ccccc2)c(C(C)(C)Pc2ccc(F)cc2CN(C)C)c1. The zero-order valence-corrected chi connectivity index (χ0v) is 21.2. The van der Waals surface area contributed by atoms with E-state index in [1.165, 1.54) is 6.07 Å². The fourth-order valence-corrected chi connectivity index (χ4v) is 5.22. The first-order valence-electron chi connectivity index (χ1n) is 10.9. The lowest BCUT2D eigenvalue weighted by atomic mass is 10.00. The number of hydrogen-bond donors (Lipinski definition) is 0. The number of halogens is 1. The summed E-state index contributed by atoms with van der Waals surface area (Å²) in [6.45, 7) is 5.46. The summed E-state index contributed by atoms with van der Waals surface area (Å²) in [5.74, 6) is 1.83. The fraction of sp³-hybridized carbons (Fsp3) is 0.333. The third-order valence-corrected chi connectivity index (χ3v) is 7.04. The Bertz CT molecular complexity index is 1070. The molecule has 3 aromatic carbocycles. The highest BCUT2D eigenvalue weighted by molar-refractivity contribution is 7.48. The van der Waals surface area contributed by atoms with Gasteiger partial charge in [-0.05, 0) is 48.7 Å². The second kappa shape index (κ2) is 11.0. The lowest BCUT2D eigenvalue weighted by Crippen LogP contribution is -2.22. The molecule has 0 N–H and O–H groups in total. The van der Waals surface area contributed by atoms with Crippen LogP contribution >= 0.6 is 8.58 Å². The van der Waals surface area contributed by atoms with Crippen molar-refractivity contribution in [1.82, 2.24) is 4.90 Å². The van der Waals surface area contributed by atoms with Crippen LogP contribution in [-0.4, -0.2) is 33.2 Å². The second-order valence-electron chi connectivity index (χ2n) is 8.77. The number of hydrogen-bond acceptors (Lipinski definition) is 4. The van der Waals surface area contributed by atoms with Gasteiger partial charge in [-0.1, -0.05) is 58.8 Å². The van der Waals surface area contributed by atoms with E-state index in [9.17, 15) is 4.39 Å². The molecule has 0 aliphatic rings. The molecule has 3 rings (SSSR count). The van der Waals surface area contributed by atoms with E-state index in [-0.39, 0.29) is 11.0 Å². The van der Waals surface area contributed by atoms with Crippen LogP contribution in [0.25, 0.3) is 0 Å². The van der Waals surface area contributed by atoms with Crippen molar-refractivity contribution in [3.8, 4) is 17.2 Å². The molecule has 0 bridgehead atoms. The van der Waals surface area contributed by atoms with E-state index in [0.717, 1.165) is 22.0 Å². The van der Waals surface area contributed by atoms with Crippen LogP contribution < -0.4 is 19.5 Å². The monoisotopic (exact) mass is 469 g/mol. The number of ether oxygens (including phenoxy) is 3. The maximum absolute atomic E-state index is 14.0. The Morgan fingerprint density at radius 2 is 1.67 bits per heavy atom. The predicted molar refractivity (Wildman–Crippen MR) is 135 cm³/mol. The van der Waals surface area contributed by atoms with Crippen molar-refractivity contribution in [2.45, 2.75) is 32.2 Å². The summed E-state index contributed by atoms with van der Waals surface area (Å²) in [6, 6.07) is 19.0. The first-order valence-corrected chi connectivity index (χ1v) is 11.9. The maximum Gasteiger partial charge on any atom is 0.166 e. The number of benzene rings is 3. The van der Waals surface area contributed by atoms with Crippen molar-refractivity contribution < 1.29 is 18.6 Å². The molecule has 176 valence electrons. The van der Waals surface area contributed by atoms with Crippen molar-refractivity contribution in [2.75, 3.05) is 28.3 Å². The Morgan fingerprint density at radius 1 is 0.939 bits per heavy atom. The van der Waals surface area contributed by atoms with Gasteiger partial charge in [0.15, 0.2) is 11.5 Å². The minimum atomic E-state index is -0.313. The molecule has 4 nitrogen and oxygen atoms in total. The van der Waals surface area contributed by atoms with Gasteiger partial charge in [0, 0.05) is 23.3 Å². The summed E-state index contributed by atoms with van der Waals surface area (Å²) >= 11 is 0. The van der Waals surface area contributed by atoms with Gasteiger partial charge in [0.1, 0.15) is 18.2 Å². The Balaban J connectivity index is 2.02. The van der Waals surface area contributed by atoms with Gasteiger partial charge in [0.25, 0.3) is 0 Å². The van der Waals surface area contributed by atoms with Gasteiger partial charge in [0.2, 0.25) is 0 Å². The Labute approximate surface area is 198 Å². The summed E-state index contributed by atoms with van der Waals surface area (Å²) in [6.07, 6.45) is 0. The fourth-order valence-electron chi connectivity index (χ4n) is 3.75. The lowest BCUT2D eigenvalue weighted by molar-refractivity contribution is 0.277. The summed E-state index contributed by atoms with van der Waals surface area (Å²) in [4.78, 5) is 2.05. The zero-order valence-electron chi connectivity index (χ0n) is 20.2. The smallest absolute Gasteiger partial charge is 0.166 e. The van der Waals surface area contributed by atoms with Gasteiger partial charge in [0.05, 0.1) is 14.2 Å². The van der Waals surface area contributed by atoms with E-state index in [1.54, 1.807) is 20.3 Å². The highest BCUT2D eigenvalue weighted by Crippen LogP contribution is 2.49. The average Bonchev–Trinajstić information content (AvgIpc) is 2.79. The molecule has 0 spiro atoms. The first-order chi connectivity index (χ1) is 15.7. The van der Waals surface area contributed by atoms with Crippen molar-refractivity contribution >= 4 is 13.9 Å². The van der Waals surface area contributed by atoms with Gasteiger partial charge in [-0.2, -0.15) is 0 Å². The van der Waals surface area contributed by atoms with E-state index >= 15 is 0 Å². The standard InChI is InChI=1S/C27H33FNO3P/c1-27(2,33-25-13-12-21(28)14-20(25)17-29(3)4)23-15-22(30-5)16-24(31-6)26(23)32-18-19-10-8-7-9-11-19/h7-16,33H,17-18H2,1-6H3. The van der Waals surface area contributed by atoms with Gasteiger partial charge < -0.3 is 19.1 Å². The minimum Gasteiger partial charge on any atom is -0.497 e. The molecule has 0 saturated heterocycles. The van der Waals surface area contributed by atoms with Gasteiger partial charge in [-0.25, -0.2) is 4.39 Å². The van der Waals surface area contributed by atoms with Crippen LogP contribution in [0.4, 0.5) is 4.39 Å². The molecule has 0 aromatic heterocycles. The van der Waals surface area contributed by atoms with Gasteiger partial charge in [-0.3, -0.25) is 0 Å². The Hall–Kier alpha value is -2.62. The molecule has 33 heavy (non-hydrogen) atoms. The summed E-state index contributed by atoms with van der Waals surface area (Å²) in [7, 11) is 7.65. The Morgan fingerprint density at radius 3 is 2.30 bits per heavy atom. The van der Waals surface area contributed by atoms with Crippen molar-refractivity contribution in [3.05, 3.63) is 83.2 Å². The van der Waals surface area contributed by atoms with Crippen LogP contribution in [0.15, 0.2) is 60.7 Å². The van der Waals surface area contributed by atoms with Gasteiger partial charge in [-0.15, -0.1) is 0 Å². The van der Waals surface area contributed by atoms with Crippen molar-refractivity contribution in [1.29, 1.82) is 0 Å². The summed E-state index contributed by atoms with van der Waals surface area (Å²) < 4.78 is 31.6. The Kier molecular flexibility index (Phi) is 8.34. The molecule has 0 saturated carbocycles. The van der Waals surface area contributed by atoms with Crippen LogP contribution in [0.3, 0.4) is 0 Å². The molecule has 0 aliphatic carbocycles. The molecule has 0 radical (unpaired) electrons. The van der Waals surface area contributed by atoms with E-state index < -0.39 is 0 Å². The van der Waals surface area contributed by atoms with Crippen LogP contribution in [-0.2, 0) is 18.3 Å². The van der Waals surface area contributed by atoms with E-state index in [0.29, 0.717) is 39.0 Å². The maximum atomic E-state index is 14.0. The van der Waals surface area contributed by atoms with Crippen LogP contribution in [0.2, 0.25) is 0 Å². The molecular formula is C27H33FNO3P. The molecule has 1 atom stereocenters. The topological polar surface area (TPSA) is 30.9 Å². The lowest BCUT2D eigenvalue weighted by Gasteiger charge is -2.30. The van der Waals surface area contributed by atoms with Crippen LogP contribution in [0.5, 0.6) is 17.2 Å². The third-order valence-electron chi connectivity index (χ3n) is 5.38. The highest BCUT2D eigenvalue weighted by Gasteiger charge is 2.29. The van der Waals surface area contributed by atoms with E-state index in [4.69, 9.17) is 14.2 Å². The molecule has 0 heterocycles. The predicted octanol–water partition coefficient (Wildman–Crippen LogP) is 5.72. The second-order valence-corrected chi connectivity index (χ2v) is 10.8. The number of rotatable bonds is 10. The van der Waals surface area contributed by atoms with Crippen molar-refractivity contribution in [2.24, 2.45) is 0 Å².